The van der Waals surface area contributed by atoms with Gasteiger partial charge in [-0.25, -0.2) is 0 Å². The van der Waals surface area contributed by atoms with E-state index in [-0.39, 0.29) is 12.0 Å². The minimum absolute atomic E-state index is 0.0000127. The Morgan fingerprint density at radius 3 is 2.79 bits per heavy atom. The first kappa shape index (κ1) is 17.5. The lowest BCUT2D eigenvalue weighted by Crippen LogP contribution is -2.35. The molecule has 0 bridgehead atoms. The predicted octanol–water partition coefficient (Wildman–Crippen LogP) is 1.53. The summed E-state index contributed by atoms with van der Waals surface area (Å²) in [7, 11) is 1.65. The number of hydrogen-bond acceptors (Lipinski definition) is 6. The van der Waals surface area contributed by atoms with Crippen LogP contribution in [0.15, 0.2) is 5.16 Å². The second-order valence-electron chi connectivity index (χ2n) is 6.66. The largest absolute Gasteiger partial charge is 0.376 e. The number of hydrogen-bond donors (Lipinski definition) is 1. The summed E-state index contributed by atoms with van der Waals surface area (Å²) in [4.78, 5) is 13.9. The van der Waals surface area contributed by atoms with E-state index in [9.17, 15) is 4.79 Å². The van der Waals surface area contributed by atoms with Gasteiger partial charge in [-0.2, -0.15) is 0 Å². The molecule has 1 aromatic rings. The maximum Gasteiger partial charge on any atom is 0.230 e. The fourth-order valence-electron chi connectivity index (χ4n) is 3.18. The quantitative estimate of drug-likeness (QED) is 0.782. The Hall–Kier alpha value is -1.28. The number of aromatic nitrogens is 3. The molecule has 24 heavy (non-hydrogen) atoms. The first-order valence-electron chi connectivity index (χ1n) is 8.80. The normalized spacial score (nSPS) is 22.1. The van der Waals surface area contributed by atoms with Crippen LogP contribution in [0.2, 0.25) is 0 Å². The van der Waals surface area contributed by atoms with E-state index in [1.807, 2.05) is 0 Å². The summed E-state index contributed by atoms with van der Waals surface area (Å²) in [5.74, 6) is 2.06. The maximum atomic E-state index is 11.6. The second kappa shape index (κ2) is 8.20. The highest BCUT2D eigenvalue weighted by atomic mass is 32.2. The van der Waals surface area contributed by atoms with Crippen molar-refractivity contribution in [1.29, 1.82) is 0 Å². The van der Waals surface area contributed by atoms with Gasteiger partial charge in [-0.15, -0.1) is 10.2 Å². The van der Waals surface area contributed by atoms with Gasteiger partial charge in [0.15, 0.2) is 5.16 Å². The molecule has 0 saturated carbocycles. The monoisotopic (exact) mass is 353 g/mol. The molecule has 7 nitrogen and oxygen atoms in total. The van der Waals surface area contributed by atoms with Gasteiger partial charge < -0.3 is 15.0 Å². The molecule has 1 atom stereocenters. The van der Waals surface area contributed by atoms with E-state index >= 15 is 0 Å². The summed E-state index contributed by atoms with van der Waals surface area (Å²) >= 11 is 1.44. The highest BCUT2D eigenvalue weighted by Crippen LogP contribution is 2.27. The Bertz CT molecular complexity index is 551. The standard InChI is InChI=1S/C16H27N5O2S/c1-12-5-7-20(8-6-12)15-18-19-16(24-11-14(22)17-2)21(15)10-13-4-3-9-23-13/h12-13H,3-11H2,1-2H3,(H,17,22). The number of carbonyl (C=O) groups is 1. The molecule has 2 aliphatic heterocycles. The van der Waals surface area contributed by atoms with E-state index in [1.165, 1.54) is 24.6 Å². The highest BCUT2D eigenvalue weighted by molar-refractivity contribution is 7.99. The van der Waals surface area contributed by atoms with Crippen molar-refractivity contribution in [1.82, 2.24) is 20.1 Å². The van der Waals surface area contributed by atoms with Crippen molar-refractivity contribution in [3.8, 4) is 0 Å². The molecule has 1 N–H and O–H groups in total. The minimum atomic E-state index is 0.0000127. The van der Waals surface area contributed by atoms with Gasteiger partial charge in [0, 0.05) is 26.7 Å². The Balaban J connectivity index is 1.75. The molecular weight excluding hydrogens is 326 g/mol. The number of amides is 1. The molecule has 3 rings (SSSR count). The van der Waals surface area contributed by atoms with Gasteiger partial charge in [-0.1, -0.05) is 18.7 Å². The number of piperidine rings is 1. The van der Waals surface area contributed by atoms with Crippen molar-refractivity contribution in [3.63, 3.8) is 0 Å². The molecule has 2 aliphatic rings. The number of nitrogens with zero attached hydrogens (tertiary/aromatic N) is 4. The van der Waals surface area contributed by atoms with Crippen LogP contribution in [0.3, 0.4) is 0 Å². The molecule has 1 aromatic heterocycles. The summed E-state index contributed by atoms with van der Waals surface area (Å²) in [6, 6.07) is 0. The lowest BCUT2D eigenvalue weighted by molar-refractivity contribution is -0.118. The van der Waals surface area contributed by atoms with E-state index in [0.717, 1.165) is 56.1 Å². The van der Waals surface area contributed by atoms with E-state index in [1.54, 1.807) is 7.05 Å². The fraction of sp³-hybridized carbons (Fsp3) is 0.812. The van der Waals surface area contributed by atoms with Crippen LogP contribution in [-0.2, 0) is 16.1 Å². The third kappa shape index (κ3) is 4.22. The second-order valence-corrected chi connectivity index (χ2v) is 7.60. The van der Waals surface area contributed by atoms with Crippen molar-refractivity contribution in [2.45, 2.75) is 50.4 Å². The lowest BCUT2D eigenvalue weighted by Gasteiger charge is -2.31. The van der Waals surface area contributed by atoms with E-state index in [0.29, 0.717) is 5.75 Å². The summed E-state index contributed by atoms with van der Waals surface area (Å²) in [6.45, 7) is 5.95. The van der Waals surface area contributed by atoms with Crippen molar-refractivity contribution in [2.75, 3.05) is 37.4 Å². The summed E-state index contributed by atoms with van der Waals surface area (Å²) in [5, 5.41) is 12.3. The predicted molar refractivity (Wildman–Crippen MR) is 94.4 cm³/mol. The van der Waals surface area contributed by atoms with Crippen molar-refractivity contribution < 1.29 is 9.53 Å². The van der Waals surface area contributed by atoms with Crippen LogP contribution in [0.1, 0.15) is 32.6 Å². The van der Waals surface area contributed by atoms with E-state index < -0.39 is 0 Å². The Kier molecular flexibility index (Phi) is 5.99. The molecular formula is C16H27N5O2S. The van der Waals surface area contributed by atoms with Crippen LogP contribution in [0.5, 0.6) is 0 Å². The van der Waals surface area contributed by atoms with Crippen LogP contribution in [-0.4, -0.2) is 59.3 Å². The molecule has 0 aromatic carbocycles. The number of rotatable bonds is 6. The number of carbonyl (C=O) groups excluding carboxylic acids is 1. The summed E-state index contributed by atoms with van der Waals surface area (Å²) < 4.78 is 7.96. The maximum absolute atomic E-state index is 11.6. The topological polar surface area (TPSA) is 72.3 Å². The zero-order valence-electron chi connectivity index (χ0n) is 14.5. The first-order chi connectivity index (χ1) is 11.7. The van der Waals surface area contributed by atoms with Gasteiger partial charge in [-0.05, 0) is 31.6 Å². The molecule has 0 spiro atoms. The van der Waals surface area contributed by atoms with Crippen molar-refractivity contribution >= 4 is 23.6 Å². The summed E-state index contributed by atoms with van der Waals surface area (Å²) in [5.41, 5.74) is 0. The SMILES string of the molecule is CNC(=O)CSc1nnc(N2CCC(C)CC2)n1CC1CCCO1. The Labute approximate surface area is 147 Å². The molecule has 0 radical (unpaired) electrons. The molecule has 1 unspecified atom stereocenters. The number of thioether (sulfide) groups is 1. The van der Waals surface area contributed by atoms with Crippen LogP contribution in [0.25, 0.3) is 0 Å². The number of nitrogens with one attached hydrogen (secondary N) is 1. The summed E-state index contributed by atoms with van der Waals surface area (Å²) in [6.07, 6.45) is 4.79. The van der Waals surface area contributed by atoms with Crippen LogP contribution >= 0.6 is 11.8 Å². The van der Waals surface area contributed by atoms with E-state index in [2.05, 4.69) is 31.9 Å². The molecule has 1 amide bonds. The Morgan fingerprint density at radius 1 is 1.33 bits per heavy atom. The third-order valence-electron chi connectivity index (χ3n) is 4.79. The number of ether oxygens (including phenoxy) is 1. The number of anilines is 1. The zero-order chi connectivity index (χ0) is 16.9. The average molecular weight is 353 g/mol. The first-order valence-corrected chi connectivity index (χ1v) is 9.79. The molecule has 8 heteroatoms. The van der Waals surface area contributed by atoms with Crippen LogP contribution < -0.4 is 10.2 Å². The minimum Gasteiger partial charge on any atom is -0.376 e. The molecule has 2 saturated heterocycles. The van der Waals surface area contributed by atoms with Gasteiger partial charge in [0.1, 0.15) is 0 Å². The molecule has 2 fully saturated rings. The fourth-order valence-corrected chi connectivity index (χ4v) is 4.00. The third-order valence-corrected chi connectivity index (χ3v) is 5.75. The smallest absolute Gasteiger partial charge is 0.230 e. The van der Waals surface area contributed by atoms with Gasteiger partial charge in [0.25, 0.3) is 0 Å². The van der Waals surface area contributed by atoms with Gasteiger partial charge in [-0.3, -0.25) is 9.36 Å². The van der Waals surface area contributed by atoms with Crippen LogP contribution in [0, 0.1) is 5.92 Å². The van der Waals surface area contributed by atoms with Gasteiger partial charge >= 0.3 is 0 Å². The van der Waals surface area contributed by atoms with Crippen LogP contribution in [0.4, 0.5) is 5.95 Å². The Morgan fingerprint density at radius 2 is 2.12 bits per heavy atom. The molecule has 3 heterocycles. The zero-order valence-corrected chi connectivity index (χ0v) is 15.3. The van der Waals surface area contributed by atoms with Crippen molar-refractivity contribution in [3.05, 3.63) is 0 Å². The molecule has 134 valence electrons. The van der Waals surface area contributed by atoms with Gasteiger partial charge in [0.2, 0.25) is 11.9 Å². The molecule has 0 aliphatic carbocycles. The van der Waals surface area contributed by atoms with Crippen molar-refractivity contribution in [2.24, 2.45) is 5.92 Å². The highest BCUT2D eigenvalue weighted by Gasteiger charge is 2.26. The van der Waals surface area contributed by atoms with E-state index in [4.69, 9.17) is 4.74 Å². The lowest BCUT2D eigenvalue weighted by atomic mass is 10.00. The van der Waals surface area contributed by atoms with Gasteiger partial charge in [0.05, 0.1) is 18.4 Å². The average Bonchev–Trinajstić information content (AvgIpc) is 3.24.